The van der Waals surface area contributed by atoms with Crippen LogP contribution in [0.5, 0.6) is 0 Å². The average Bonchev–Trinajstić information content (AvgIpc) is 3.30. The summed E-state index contributed by atoms with van der Waals surface area (Å²) in [6.45, 7) is 4.32. The Labute approximate surface area is 140 Å². The Kier molecular flexibility index (Phi) is 4.17. The first kappa shape index (κ1) is 16.0. The van der Waals surface area contributed by atoms with E-state index in [1.54, 1.807) is 16.9 Å². The summed E-state index contributed by atoms with van der Waals surface area (Å²) in [7, 11) is 0. The molecule has 1 aliphatic carbocycles. The van der Waals surface area contributed by atoms with E-state index in [-0.39, 0.29) is 11.4 Å². The molecule has 0 saturated heterocycles. The predicted octanol–water partition coefficient (Wildman–Crippen LogP) is 2.69. The summed E-state index contributed by atoms with van der Waals surface area (Å²) in [6, 6.07) is 7.39. The van der Waals surface area contributed by atoms with E-state index < -0.39 is 0 Å². The molecule has 0 spiro atoms. The number of benzene rings is 1. The summed E-state index contributed by atoms with van der Waals surface area (Å²) in [5, 5.41) is 8.06. The first-order valence-corrected chi connectivity index (χ1v) is 8.15. The van der Waals surface area contributed by atoms with Crippen molar-refractivity contribution in [3.8, 4) is 5.69 Å². The Morgan fingerprint density at radius 1 is 1.52 bits per heavy atom. The number of nitrogens with one attached hydrogen (secondary N) is 1. The number of nitrogens with zero attached hydrogens (tertiary/aromatic N) is 2. The molecule has 1 fully saturated rings. The van der Waals surface area contributed by atoms with Crippen LogP contribution in [0.4, 0.5) is 0 Å². The van der Waals surface area contributed by atoms with E-state index in [1.165, 1.54) is 0 Å². The second-order valence-corrected chi connectivity index (χ2v) is 6.82. The lowest BCUT2D eigenvalue weighted by Crippen LogP contribution is -2.53. The van der Waals surface area contributed by atoms with E-state index >= 15 is 0 Å². The molecular formula is C17H21ClN4O. The standard InChI is InChI=1S/C17H21ClN4O/c1-11-15(16(23)21-17(2,10-19)12-6-7-12)9-20-22(11)14-5-3-4-13(18)8-14/h3-5,8-9,12H,6-7,10,19H2,1-2H3,(H,21,23). The summed E-state index contributed by atoms with van der Waals surface area (Å²) in [5.74, 6) is 0.343. The van der Waals surface area contributed by atoms with Crippen LogP contribution in [-0.4, -0.2) is 27.8 Å². The highest BCUT2D eigenvalue weighted by atomic mass is 35.5. The van der Waals surface area contributed by atoms with Gasteiger partial charge >= 0.3 is 0 Å². The van der Waals surface area contributed by atoms with Crippen molar-refractivity contribution < 1.29 is 4.79 Å². The van der Waals surface area contributed by atoms with Crippen molar-refractivity contribution in [3.63, 3.8) is 0 Å². The molecule has 1 heterocycles. The molecule has 2 aromatic rings. The van der Waals surface area contributed by atoms with Crippen LogP contribution >= 0.6 is 11.6 Å². The van der Waals surface area contributed by atoms with Crippen molar-refractivity contribution in [1.82, 2.24) is 15.1 Å². The third kappa shape index (κ3) is 3.12. The van der Waals surface area contributed by atoms with E-state index in [2.05, 4.69) is 10.4 Å². The number of nitrogens with two attached hydrogens (primary N) is 1. The van der Waals surface area contributed by atoms with Crippen LogP contribution in [0.15, 0.2) is 30.5 Å². The number of halogens is 1. The fourth-order valence-corrected chi connectivity index (χ4v) is 3.05. The van der Waals surface area contributed by atoms with Gasteiger partial charge in [-0.15, -0.1) is 0 Å². The van der Waals surface area contributed by atoms with Gasteiger partial charge in [0.25, 0.3) is 5.91 Å². The van der Waals surface area contributed by atoms with E-state index in [0.29, 0.717) is 23.0 Å². The largest absolute Gasteiger partial charge is 0.345 e. The topological polar surface area (TPSA) is 72.9 Å². The van der Waals surface area contributed by atoms with Crippen LogP contribution in [-0.2, 0) is 0 Å². The second-order valence-electron chi connectivity index (χ2n) is 6.39. The normalized spacial score (nSPS) is 16.9. The minimum atomic E-state index is -0.346. The maximum atomic E-state index is 12.6. The highest BCUT2D eigenvalue weighted by Gasteiger charge is 2.41. The van der Waals surface area contributed by atoms with E-state index in [4.69, 9.17) is 17.3 Å². The van der Waals surface area contributed by atoms with Crippen LogP contribution in [0.1, 0.15) is 35.8 Å². The Bertz CT molecular complexity index is 738. The van der Waals surface area contributed by atoms with E-state index in [9.17, 15) is 4.79 Å². The zero-order valence-corrected chi connectivity index (χ0v) is 14.1. The number of aromatic nitrogens is 2. The Morgan fingerprint density at radius 2 is 2.26 bits per heavy atom. The number of carbonyl (C=O) groups excluding carboxylic acids is 1. The molecule has 1 aromatic carbocycles. The maximum Gasteiger partial charge on any atom is 0.255 e. The van der Waals surface area contributed by atoms with Crippen molar-refractivity contribution in [1.29, 1.82) is 0 Å². The van der Waals surface area contributed by atoms with Gasteiger partial charge in [-0.2, -0.15) is 5.10 Å². The Hall–Kier alpha value is -1.85. The zero-order chi connectivity index (χ0) is 16.6. The highest BCUT2D eigenvalue weighted by molar-refractivity contribution is 6.30. The van der Waals surface area contributed by atoms with Crippen LogP contribution in [0.3, 0.4) is 0 Å². The summed E-state index contributed by atoms with van der Waals surface area (Å²) >= 11 is 6.03. The van der Waals surface area contributed by atoms with Crippen molar-refractivity contribution in [2.24, 2.45) is 11.7 Å². The minimum absolute atomic E-state index is 0.129. The summed E-state index contributed by atoms with van der Waals surface area (Å²) in [4.78, 5) is 12.6. The van der Waals surface area contributed by atoms with Crippen LogP contribution in [0.2, 0.25) is 5.02 Å². The van der Waals surface area contributed by atoms with Crippen molar-refractivity contribution >= 4 is 17.5 Å². The van der Waals surface area contributed by atoms with Gasteiger partial charge in [-0.1, -0.05) is 17.7 Å². The number of amides is 1. The Morgan fingerprint density at radius 3 is 2.87 bits per heavy atom. The molecule has 1 aliphatic rings. The van der Waals surface area contributed by atoms with Crippen molar-refractivity contribution in [2.45, 2.75) is 32.2 Å². The van der Waals surface area contributed by atoms with Gasteiger partial charge in [0.05, 0.1) is 28.7 Å². The monoisotopic (exact) mass is 332 g/mol. The van der Waals surface area contributed by atoms with Gasteiger partial charge in [0.15, 0.2) is 0 Å². The predicted molar refractivity (Wildman–Crippen MR) is 91.0 cm³/mol. The molecule has 1 amide bonds. The van der Waals surface area contributed by atoms with Crippen LogP contribution < -0.4 is 11.1 Å². The van der Waals surface area contributed by atoms with Gasteiger partial charge in [0.1, 0.15) is 0 Å². The fourth-order valence-electron chi connectivity index (χ4n) is 2.87. The van der Waals surface area contributed by atoms with Gasteiger partial charge in [-0.3, -0.25) is 4.79 Å². The third-order valence-electron chi connectivity index (χ3n) is 4.61. The highest BCUT2D eigenvalue weighted by Crippen LogP contribution is 2.39. The molecule has 122 valence electrons. The molecule has 23 heavy (non-hydrogen) atoms. The molecule has 0 aliphatic heterocycles. The van der Waals surface area contributed by atoms with Gasteiger partial charge in [0, 0.05) is 11.6 Å². The Balaban J connectivity index is 1.85. The maximum absolute atomic E-state index is 12.6. The molecule has 3 N–H and O–H groups in total. The van der Waals surface area contributed by atoms with Crippen molar-refractivity contribution in [2.75, 3.05) is 6.54 Å². The SMILES string of the molecule is Cc1c(C(=O)NC(C)(CN)C2CC2)cnn1-c1cccc(Cl)c1. The molecular weight excluding hydrogens is 312 g/mol. The van der Waals surface area contributed by atoms with Crippen LogP contribution in [0, 0.1) is 12.8 Å². The first-order valence-electron chi connectivity index (χ1n) is 7.78. The van der Waals surface area contributed by atoms with Gasteiger partial charge < -0.3 is 11.1 Å². The number of carbonyl (C=O) groups is 1. The number of hydrogen-bond donors (Lipinski definition) is 2. The van der Waals surface area contributed by atoms with Crippen LogP contribution in [0.25, 0.3) is 5.69 Å². The van der Waals surface area contributed by atoms with E-state index in [0.717, 1.165) is 24.2 Å². The summed E-state index contributed by atoms with van der Waals surface area (Å²) in [6.07, 6.45) is 3.83. The molecule has 3 rings (SSSR count). The number of hydrogen-bond acceptors (Lipinski definition) is 3. The molecule has 1 unspecified atom stereocenters. The lowest BCUT2D eigenvalue weighted by molar-refractivity contribution is 0.0897. The van der Waals surface area contributed by atoms with Gasteiger partial charge in [0.2, 0.25) is 0 Å². The van der Waals surface area contributed by atoms with Gasteiger partial charge in [-0.05, 0) is 50.8 Å². The lowest BCUT2D eigenvalue weighted by Gasteiger charge is -2.29. The molecule has 5 nitrogen and oxygen atoms in total. The zero-order valence-electron chi connectivity index (χ0n) is 13.3. The molecule has 0 bridgehead atoms. The molecule has 1 atom stereocenters. The third-order valence-corrected chi connectivity index (χ3v) is 4.84. The van der Waals surface area contributed by atoms with Crippen molar-refractivity contribution in [3.05, 3.63) is 46.7 Å². The summed E-state index contributed by atoms with van der Waals surface area (Å²) < 4.78 is 1.72. The first-order chi connectivity index (χ1) is 10.9. The fraction of sp³-hybridized carbons (Fsp3) is 0.412. The number of rotatable bonds is 5. The van der Waals surface area contributed by atoms with Gasteiger partial charge in [-0.25, -0.2) is 4.68 Å². The molecule has 1 aromatic heterocycles. The average molecular weight is 333 g/mol. The second kappa shape index (κ2) is 5.98. The molecule has 1 saturated carbocycles. The molecule has 0 radical (unpaired) electrons. The molecule has 6 heteroatoms. The lowest BCUT2D eigenvalue weighted by atomic mass is 9.95. The van der Waals surface area contributed by atoms with E-state index in [1.807, 2.05) is 32.0 Å². The smallest absolute Gasteiger partial charge is 0.255 e. The minimum Gasteiger partial charge on any atom is -0.345 e. The summed E-state index contributed by atoms with van der Waals surface area (Å²) in [5.41, 5.74) is 7.70. The quantitative estimate of drug-likeness (QED) is 0.884.